The molecule has 1 saturated heterocycles. The summed E-state index contributed by atoms with van der Waals surface area (Å²) in [6.45, 7) is 2.72. The fourth-order valence-electron chi connectivity index (χ4n) is 2.74. The van der Waals surface area contributed by atoms with Gasteiger partial charge in [0.1, 0.15) is 0 Å². The summed E-state index contributed by atoms with van der Waals surface area (Å²) >= 11 is 0. The van der Waals surface area contributed by atoms with Crippen LogP contribution in [0.15, 0.2) is 24.5 Å². The Labute approximate surface area is 131 Å². The van der Waals surface area contributed by atoms with Crippen LogP contribution in [0.25, 0.3) is 0 Å². The fourth-order valence-corrected chi connectivity index (χ4v) is 2.74. The molecule has 0 radical (unpaired) electrons. The Morgan fingerprint density at radius 1 is 1.45 bits per heavy atom. The van der Waals surface area contributed by atoms with Gasteiger partial charge in [-0.2, -0.15) is 0 Å². The largest absolute Gasteiger partial charge is 0.391 e. The third-order valence-corrected chi connectivity index (χ3v) is 4.09. The maximum Gasteiger partial charge on any atom is 0.236 e. The van der Waals surface area contributed by atoms with Crippen LogP contribution >= 0.6 is 0 Å². The average molecular weight is 307 g/mol. The minimum absolute atomic E-state index is 0.0647. The zero-order chi connectivity index (χ0) is 15.9. The Balaban J connectivity index is 1.83. The van der Waals surface area contributed by atoms with Gasteiger partial charge in [-0.1, -0.05) is 0 Å². The molecule has 0 aliphatic carbocycles. The first-order chi connectivity index (χ1) is 10.6. The number of rotatable bonds is 7. The van der Waals surface area contributed by atoms with Crippen molar-refractivity contribution in [3.63, 3.8) is 0 Å². The van der Waals surface area contributed by atoms with Crippen LogP contribution in [0.2, 0.25) is 0 Å². The molecule has 0 bridgehead atoms. The van der Waals surface area contributed by atoms with Crippen molar-refractivity contribution in [2.45, 2.75) is 12.5 Å². The number of carbonyl (C=O) groups excluding carboxylic acids is 1. The molecular weight excluding hydrogens is 282 g/mol. The highest BCUT2D eigenvalue weighted by atomic mass is 16.5. The van der Waals surface area contributed by atoms with E-state index in [0.717, 1.165) is 18.5 Å². The molecule has 1 amide bonds. The summed E-state index contributed by atoms with van der Waals surface area (Å²) in [5.74, 6) is 0.158. The van der Waals surface area contributed by atoms with Crippen molar-refractivity contribution in [3.05, 3.63) is 30.1 Å². The molecule has 1 aromatic heterocycles. The molecule has 0 saturated carbocycles. The first-order valence-electron chi connectivity index (χ1n) is 7.62. The van der Waals surface area contributed by atoms with E-state index in [9.17, 15) is 9.90 Å². The number of ether oxygens (including phenoxy) is 1. The first kappa shape index (κ1) is 16.9. The van der Waals surface area contributed by atoms with Gasteiger partial charge in [0.25, 0.3) is 0 Å². The van der Waals surface area contributed by atoms with E-state index in [0.29, 0.717) is 26.2 Å². The average Bonchev–Trinajstić information content (AvgIpc) is 2.87. The van der Waals surface area contributed by atoms with Gasteiger partial charge >= 0.3 is 0 Å². The van der Waals surface area contributed by atoms with E-state index in [2.05, 4.69) is 4.98 Å². The lowest BCUT2D eigenvalue weighted by Gasteiger charge is -2.21. The van der Waals surface area contributed by atoms with E-state index in [1.54, 1.807) is 24.4 Å². The second-order valence-electron chi connectivity index (χ2n) is 5.92. The molecule has 6 nitrogen and oxygen atoms in total. The second kappa shape index (κ2) is 8.22. The van der Waals surface area contributed by atoms with Crippen molar-refractivity contribution in [1.82, 2.24) is 14.8 Å². The highest BCUT2D eigenvalue weighted by Gasteiger charge is 2.33. The Bertz CT molecular complexity index is 469. The molecule has 0 aromatic carbocycles. The number of carbonyl (C=O) groups is 1. The molecule has 6 heteroatoms. The topological polar surface area (TPSA) is 65.9 Å². The summed E-state index contributed by atoms with van der Waals surface area (Å²) in [4.78, 5) is 20.0. The number of β-amino-alcohol motifs (C(OH)–C–C–N with tert-alkyl or cyclic N) is 1. The van der Waals surface area contributed by atoms with Gasteiger partial charge in [0.2, 0.25) is 5.91 Å². The molecule has 1 N–H and O–H groups in total. The van der Waals surface area contributed by atoms with Crippen LogP contribution in [-0.2, 0) is 16.0 Å². The molecule has 2 unspecified atom stereocenters. The molecule has 1 fully saturated rings. The van der Waals surface area contributed by atoms with E-state index in [-0.39, 0.29) is 11.8 Å². The molecule has 122 valence electrons. The quantitative estimate of drug-likeness (QED) is 0.769. The zero-order valence-electron chi connectivity index (χ0n) is 13.3. The van der Waals surface area contributed by atoms with E-state index in [1.165, 1.54) is 0 Å². The van der Waals surface area contributed by atoms with Gasteiger partial charge in [-0.05, 0) is 31.2 Å². The number of aromatic nitrogens is 1. The molecule has 2 atom stereocenters. The van der Waals surface area contributed by atoms with Crippen LogP contribution in [0.4, 0.5) is 0 Å². The fraction of sp³-hybridized carbons (Fsp3) is 0.625. The van der Waals surface area contributed by atoms with E-state index < -0.39 is 6.10 Å². The third kappa shape index (κ3) is 4.76. The van der Waals surface area contributed by atoms with Crippen molar-refractivity contribution >= 4 is 5.91 Å². The summed E-state index contributed by atoms with van der Waals surface area (Å²) in [7, 11) is 3.55. The number of hydrogen-bond acceptors (Lipinski definition) is 5. The molecule has 2 heterocycles. The number of likely N-dealkylation sites (tertiary alicyclic amines) is 1. The molecule has 2 rings (SSSR count). The lowest BCUT2D eigenvalue weighted by Crippen LogP contribution is -2.39. The van der Waals surface area contributed by atoms with E-state index in [1.807, 2.05) is 24.1 Å². The predicted molar refractivity (Wildman–Crippen MR) is 83.4 cm³/mol. The van der Waals surface area contributed by atoms with Crippen molar-refractivity contribution in [3.8, 4) is 0 Å². The molecule has 0 spiro atoms. The maximum atomic E-state index is 12.3. The monoisotopic (exact) mass is 307 g/mol. The summed E-state index contributed by atoms with van der Waals surface area (Å²) < 4.78 is 5.01. The molecule has 1 aromatic rings. The van der Waals surface area contributed by atoms with Gasteiger partial charge in [0.15, 0.2) is 0 Å². The van der Waals surface area contributed by atoms with Gasteiger partial charge < -0.3 is 14.7 Å². The van der Waals surface area contributed by atoms with Crippen LogP contribution in [0.5, 0.6) is 0 Å². The number of aliphatic hydroxyl groups excluding tert-OH is 1. The molecule has 22 heavy (non-hydrogen) atoms. The molecular formula is C16H25N3O3. The smallest absolute Gasteiger partial charge is 0.236 e. The third-order valence-electron chi connectivity index (χ3n) is 4.09. The van der Waals surface area contributed by atoms with Crippen molar-refractivity contribution in [2.75, 3.05) is 46.9 Å². The lowest BCUT2D eigenvalue weighted by molar-refractivity contribution is -0.131. The highest BCUT2D eigenvalue weighted by Crippen LogP contribution is 2.21. The van der Waals surface area contributed by atoms with Crippen molar-refractivity contribution < 1.29 is 14.6 Å². The van der Waals surface area contributed by atoms with Gasteiger partial charge in [-0.15, -0.1) is 0 Å². The summed E-state index contributed by atoms with van der Waals surface area (Å²) in [5, 5.41) is 10.2. The van der Waals surface area contributed by atoms with Gasteiger partial charge in [-0.25, -0.2) is 0 Å². The maximum absolute atomic E-state index is 12.3. The number of nitrogens with zero attached hydrogens (tertiary/aromatic N) is 3. The van der Waals surface area contributed by atoms with E-state index >= 15 is 0 Å². The van der Waals surface area contributed by atoms with Gasteiger partial charge in [0.05, 0.1) is 19.3 Å². The predicted octanol–water partition coefficient (Wildman–Crippen LogP) is 0.0216. The van der Waals surface area contributed by atoms with Gasteiger partial charge in [0, 0.05) is 45.1 Å². The summed E-state index contributed by atoms with van der Waals surface area (Å²) in [5.41, 5.74) is 1.14. The minimum atomic E-state index is -0.457. The van der Waals surface area contributed by atoms with Crippen molar-refractivity contribution in [2.24, 2.45) is 5.92 Å². The number of amides is 1. The standard InChI is InChI=1S/C16H25N3O3/c1-18(7-8-22-2)12-16(21)19-10-14(15(20)11-19)9-13-3-5-17-6-4-13/h3-6,14-15,20H,7-12H2,1-2H3. The van der Waals surface area contributed by atoms with Crippen LogP contribution in [0.1, 0.15) is 5.56 Å². The molecule has 1 aliphatic rings. The Morgan fingerprint density at radius 3 is 2.86 bits per heavy atom. The first-order valence-corrected chi connectivity index (χ1v) is 7.62. The Hall–Kier alpha value is -1.50. The summed E-state index contributed by atoms with van der Waals surface area (Å²) in [6.07, 6.45) is 3.82. The zero-order valence-corrected chi connectivity index (χ0v) is 13.3. The second-order valence-corrected chi connectivity index (χ2v) is 5.92. The minimum Gasteiger partial charge on any atom is -0.391 e. The number of aliphatic hydroxyl groups is 1. The lowest BCUT2D eigenvalue weighted by atomic mass is 9.97. The normalized spacial score (nSPS) is 21.5. The van der Waals surface area contributed by atoms with Crippen LogP contribution in [0, 0.1) is 5.92 Å². The molecule has 1 aliphatic heterocycles. The van der Waals surface area contributed by atoms with E-state index in [4.69, 9.17) is 4.74 Å². The number of pyridine rings is 1. The number of methoxy groups -OCH3 is 1. The van der Waals surface area contributed by atoms with Gasteiger partial charge in [-0.3, -0.25) is 14.7 Å². The Morgan fingerprint density at radius 2 is 2.18 bits per heavy atom. The number of likely N-dealkylation sites (N-methyl/N-ethyl adjacent to an activating group) is 1. The van der Waals surface area contributed by atoms with Crippen LogP contribution in [-0.4, -0.2) is 78.8 Å². The number of hydrogen-bond donors (Lipinski definition) is 1. The van der Waals surface area contributed by atoms with Crippen LogP contribution < -0.4 is 0 Å². The van der Waals surface area contributed by atoms with Crippen LogP contribution in [0.3, 0.4) is 0 Å². The van der Waals surface area contributed by atoms with Crippen molar-refractivity contribution in [1.29, 1.82) is 0 Å². The highest BCUT2D eigenvalue weighted by molar-refractivity contribution is 5.78. The SMILES string of the molecule is COCCN(C)CC(=O)N1CC(O)C(Cc2ccncc2)C1. The summed E-state index contributed by atoms with van der Waals surface area (Å²) in [6, 6.07) is 3.91. The Kier molecular flexibility index (Phi) is 6.30.